The first-order chi connectivity index (χ1) is 14.6. The molecule has 1 saturated heterocycles. The summed E-state index contributed by atoms with van der Waals surface area (Å²) in [6.07, 6.45) is -0.267. The largest absolute Gasteiger partial charge is 0.444 e. The molecule has 168 valence electrons. The number of hydrogen-bond acceptors (Lipinski definition) is 7. The molecule has 0 saturated carbocycles. The molecule has 1 aliphatic heterocycles. The smallest absolute Gasteiger partial charge is 0.408 e. The van der Waals surface area contributed by atoms with E-state index in [9.17, 15) is 9.59 Å². The van der Waals surface area contributed by atoms with Gasteiger partial charge in [-0.25, -0.2) is 9.78 Å². The van der Waals surface area contributed by atoms with Gasteiger partial charge < -0.3 is 25.0 Å². The fourth-order valence-corrected chi connectivity index (χ4v) is 4.08. The first-order valence-electron chi connectivity index (χ1n) is 10.3. The Morgan fingerprint density at radius 3 is 2.65 bits per heavy atom. The van der Waals surface area contributed by atoms with Crippen molar-refractivity contribution < 1.29 is 19.1 Å². The van der Waals surface area contributed by atoms with Crippen LogP contribution in [0.2, 0.25) is 0 Å². The number of thiazole rings is 1. The van der Waals surface area contributed by atoms with Gasteiger partial charge in [-0.1, -0.05) is 12.1 Å². The molecule has 1 fully saturated rings. The highest BCUT2D eigenvalue weighted by Gasteiger charge is 2.23. The number of alkyl carbamates (subject to hydrolysis) is 1. The van der Waals surface area contributed by atoms with E-state index >= 15 is 0 Å². The van der Waals surface area contributed by atoms with Crippen LogP contribution in [0.4, 0.5) is 15.6 Å². The maximum Gasteiger partial charge on any atom is 0.408 e. The minimum absolute atomic E-state index is 0.183. The summed E-state index contributed by atoms with van der Waals surface area (Å²) in [5, 5.41) is 7.53. The molecule has 1 aromatic carbocycles. The van der Waals surface area contributed by atoms with Crippen molar-refractivity contribution >= 4 is 34.2 Å². The highest BCUT2D eigenvalue weighted by atomic mass is 32.1. The summed E-state index contributed by atoms with van der Waals surface area (Å²) in [5.41, 5.74) is 2.28. The predicted octanol–water partition coefficient (Wildman–Crippen LogP) is 3.89. The topological polar surface area (TPSA) is 92.8 Å². The van der Waals surface area contributed by atoms with Gasteiger partial charge in [-0.05, 0) is 46.8 Å². The van der Waals surface area contributed by atoms with Crippen LogP contribution in [-0.2, 0) is 14.3 Å². The number of ether oxygens (including phenoxy) is 2. The maximum atomic E-state index is 12.1. The zero-order chi connectivity index (χ0) is 22.6. The number of nitrogens with zero attached hydrogens (tertiary/aromatic N) is 2. The fourth-order valence-electron chi connectivity index (χ4n) is 3.34. The molecule has 2 heterocycles. The molecule has 0 bridgehead atoms. The average Bonchev–Trinajstić information content (AvgIpc) is 3.13. The molecule has 8 nitrogen and oxygen atoms in total. The Morgan fingerprint density at radius 2 is 1.97 bits per heavy atom. The number of hydrogen-bond donors (Lipinski definition) is 2. The summed E-state index contributed by atoms with van der Waals surface area (Å²) in [7, 11) is 0. The van der Waals surface area contributed by atoms with E-state index in [4.69, 9.17) is 9.47 Å². The van der Waals surface area contributed by atoms with Crippen LogP contribution in [0.3, 0.4) is 0 Å². The minimum Gasteiger partial charge on any atom is -0.444 e. The second-order valence-corrected chi connectivity index (χ2v) is 9.51. The van der Waals surface area contributed by atoms with Crippen LogP contribution in [0, 0.1) is 0 Å². The van der Waals surface area contributed by atoms with E-state index in [1.165, 1.54) is 11.3 Å². The molecule has 2 amide bonds. The summed E-state index contributed by atoms with van der Waals surface area (Å²) in [5.74, 6) is -0.364. The third-order valence-electron chi connectivity index (χ3n) is 4.47. The van der Waals surface area contributed by atoms with Crippen molar-refractivity contribution in [3.63, 3.8) is 0 Å². The molecular formula is C22H30N4O4S. The van der Waals surface area contributed by atoms with Crippen molar-refractivity contribution in [1.82, 2.24) is 10.3 Å². The van der Waals surface area contributed by atoms with Crippen LogP contribution >= 0.6 is 11.3 Å². The molecule has 0 radical (unpaired) electrons. The Hall–Kier alpha value is -2.65. The van der Waals surface area contributed by atoms with E-state index in [-0.39, 0.29) is 24.7 Å². The number of nitrogens with one attached hydrogen (secondary N) is 2. The fraction of sp³-hybridized carbons (Fsp3) is 0.500. The van der Waals surface area contributed by atoms with E-state index in [0.29, 0.717) is 5.13 Å². The van der Waals surface area contributed by atoms with E-state index in [1.807, 2.05) is 17.5 Å². The van der Waals surface area contributed by atoms with Crippen LogP contribution in [0.5, 0.6) is 0 Å². The van der Waals surface area contributed by atoms with Gasteiger partial charge in [0.05, 0.1) is 17.9 Å². The van der Waals surface area contributed by atoms with Crippen molar-refractivity contribution in [3.05, 3.63) is 29.6 Å². The molecule has 2 aromatic rings. The molecule has 0 unspecified atom stereocenters. The number of carbonyl (C=O) groups excluding carboxylic acids is 2. The van der Waals surface area contributed by atoms with Gasteiger partial charge in [0.1, 0.15) is 12.1 Å². The predicted molar refractivity (Wildman–Crippen MR) is 123 cm³/mol. The van der Waals surface area contributed by atoms with Crippen molar-refractivity contribution in [1.29, 1.82) is 0 Å². The third-order valence-corrected chi connectivity index (χ3v) is 5.23. The van der Waals surface area contributed by atoms with Gasteiger partial charge in [0, 0.05) is 29.7 Å². The van der Waals surface area contributed by atoms with Gasteiger partial charge in [-0.2, -0.15) is 0 Å². The average molecular weight is 447 g/mol. The Morgan fingerprint density at radius 1 is 1.26 bits per heavy atom. The van der Waals surface area contributed by atoms with Crippen LogP contribution in [0.25, 0.3) is 11.3 Å². The molecule has 1 aliphatic rings. The van der Waals surface area contributed by atoms with Gasteiger partial charge in [-0.15, -0.1) is 11.3 Å². The van der Waals surface area contributed by atoms with Crippen molar-refractivity contribution in [2.45, 2.75) is 52.4 Å². The molecule has 2 N–H and O–H groups in total. The number of rotatable bonds is 5. The van der Waals surface area contributed by atoms with Crippen molar-refractivity contribution in [2.24, 2.45) is 0 Å². The first kappa shape index (κ1) is 23.0. The number of carbonyl (C=O) groups is 2. The number of aromatic nitrogens is 1. The maximum absolute atomic E-state index is 12.1. The minimum atomic E-state index is -0.633. The van der Waals surface area contributed by atoms with Gasteiger partial charge in [0.25, 0.3) is 0 Å². The lowest BCUT2D eigenvalue weighted by Crippen LogP contribution is -2.45. The van der Waals surface area contributed by atoms with Crippen LogP contribution in [0.15, 0.2) is 29.6 Å². The zero-order valence-corrected chi connectivity index (χ0v) is 19.4. The van der Waals surface area contributed by atoms with Gasteiger partial charge in [-0.3, -0.25) is 4.79 Å². The summed E-state index contributed by atoms with van der Waals surface area (Å²) in [4.78, 5) is 30.6. The molecule has 3 rings (SSSR count). The second-order valence-electron chi connectivity index (χ2n) is 8.65. The van der Waals surface area contributed by atoms with Crippen LogP contribution in [0.1, 0.15) is 34.6 Å². The van der Waals surface area contributed by atoms with Gasteiger partial charge in [0.15, 0.2) is 5.13 Å². The third kappa shape index (κ3) is 6.93. The van der Waals surface area contributed by atoms with Crippen LogP contribution < -0.4 is 15.5 Å². The molecule has 1 aromatic heterocycles. The second kappa shape index (κ2) is 9.65. The molecule has 9 heteroatoms. The van der Waals surface area contributed by atoms with E-state index in [1.54, 1.807) is 20.8 Å². The monoisotopic (exact) mass is 446 g/mol. The number of amides is 2. The zero-order valence-electron chi connectivity index (χ0n) is 18.6. The van der Waals surface area contributed by atoms with Crippen LogP contribution in [-0.4, -0.2) is 54.4 Å². The molecule has 0 aliphatic carbocycles. The molecular weight excluding hydrogens is 416 g/mol. The van der Waals surface area contributed by atoms with E-state index < -0.39 is 11.7 Å². The number of morpholine rings is 1. The van der Waals surface area contributed by atoms with E-state index in [0.717, 1.165) is 30.0 Å². The van der Waals surface area contributed by atoms with Crippen molar-refractivity contribution in [3.8, 4) is 11.3 Å². The number of benzene rings is 1. The Labute approximate surface area is 186 Å². The molecule has 2 atom stereocenters. The Bertz CT molecular complexity index is 914. The highest BCUT2D eigenvalue weighted by molar-refractivity contribution is 7.14. The summed E-state index contributed by atoms with van der Waals surface area (Å²) < 4.78 is 10.9. The first-order valence-corrected chi connectivity index (χ1v) is 11.2. The lowest BCUT2D eigenvalue weighted by molar-refractivity contribution is -0.115. The number of anilines is 2. The summed E-state index contributed by atoms with van der Waals surface area (Å²) in [6, 6.07) is 8.21. The van der Waals surface area contributed by atoms with E-state index in [2.05, 4.69) is 46.5 Å². The normalized spacial score (nSPS) is 19.1. The van der Waals surface area contributed by atoms with Gasteiger partial charge in [0.2, 0.25) is 5.91 Å². The summed E-state index contributed by atoms with van der Waals surface area (Å²) >= 11 is 1.34. The highest BCUT2D eigenvalue weighted by Crippen LogP contribution is 2.29. The lowest BCUT2D eigenvalue weighted by Gasteiger charge is -2.37. The quantitative estimate of drug-likeness (QED) is 0.724. The SMILES string of the molecule is C[C@@H]1CN(c2cccc(-c3csc(NC(=O)CNC(=O)OC(C)(C)C)n3)c2)C[C@H](C)O1. The molecule has 31 heavy (non-hydrogen) atoms. The van der Waals surface area contributed by atoms with Gasteiger partial charge >= 0.3 is 6.09 Å². The lowest BCUT2D eigenvalue weighted by atomic mass is 10.1. The summed E-state index contributed by atoms with van der Waals surface area (Å²) in [6.45, 7) is 11.0. The standard InChI is InChI=1S/C22H30N4O4S/c1-14-11-26(12-15(2)29-14)17-8-6-7-16(9-17)18-13-31-20(24-18)25-19(27)10-23-21(28)30-22(3,4)5/h6-9,13-15H,10-12H2,1-5H3,(H,23,28)(H,24,25,27)/t14-,15+. The molecule has 0 spiro atoms. The Kier molecular flexibility index (Phi) is 7.17. The Balaban J connectivity index is 1.59. The van der Waals surface area contributed by atoms with Crippen molar-refractivity contribution in [2.75, 3.05) is 29.9 Å².